The Morgan fingerprint density at radius 3 is 2.58 bits per heavy atom. The number of benzene rings is 3. The molecular formula is C23H18BrN3O4. The fourth-order valence-electron chi connectivity index (χ4n) is 4.06. The van der Waals surface area contributed by atoms with E-state index in [1.165, 1.54) is 12.1 Å². The van der Waals surface area contributed by atoms with Crippen LogP contribution in [0.25, 0.3) is 0 Å². The Bertz CT molecular complexity index is 1180. The van der Waals surface area contributed by atoms with E-state index in [9.17, 15) is 10.1 Å². The van der Waals surface area contributed by atoms with E-state index < -0.39 is 11.2 Å². The Hall–Kier alpha value is -3.39. The number of methoxy groups -OCH3 is 1. The van der Waals surface area contributed by atoms with Crippen LogP contribution in [0.4, 0.5) is 5.69 Å². The van der Waals surface area contributed by atoms with Crippen molar-refractivity contribution in [2.75, 3.05) is 7.11 Å². The molecule has 0 fully saturated rings. The minimum absolute atomic E-state index is 0.0351. The molecule has 2 atom stereocenters. The first kappa shape index (κ1) is 19.6. The normalized spacial score (nSPS) is 19.2. The zero-order valence-electron chi connectivity index (χ0n) is 16.6. The van der Waals surface area contributed by atoms with Crippen molar-refractivity contribution in [3.8, 4) is 11.5 Å². The molecule has 3 aromatic rings. The number of hydrazone groups is 1. The van der Waals surface area contributed by atoms with Crippen LogP contribution in [0.2, 0.25) is 0 Å². The van der Waals surface area contributed by atoms with Gasteiger partial charge in [0.05, 0.1) is 23.8 Å². The second-order valence-corrected chi connectivity index (χ2v) is 8.27. The van der Waals surface area contributed by atoms with E-state index in [1.54, 1.807) is 19.2 Å². The molecule has 2 aliphatic rings. The monoisotopic (exact) mass is 479 g/mol. The average Bonchev–Trinajstić information content (AvgIpc) is 3.24. The minimum atomic E-state index is -0.533. The first-order chi connectivity index (χ1) is 15.0. The van der Waals surface area contributed by atoms with Crippen molar-refractivity contribution >= 4 is 27.3 Å². The molecule has 0 saturated heterocycles. The van der Waals surface area contributed by atoms with Gasteiger partial charge < -0.3 is 9.47 Å². The van der Waals surface area contributed by atoms with E-state index in [1.807, 2.05) is 47.5 Å². The lowest BCUT2D eigenvalue weighted by Gasteiger charge is -2.38. The predicted molar refractivity (Wildman–Crippen MR) is 119 cm³/mol. The lowest BCUT2D eigenvalue weighted by atomic mass is 9.95. The van der Waals surface area contributed by atoms with Crippen molar-refractivity contribution in [3.05, 3.63) is 98.0 Å². The van der Waals surface area contributed by atoms with Gasteiger partial charge in [-0.3, -0.25) is 10.1 Å². The van der Waals surface area contributed by atoms with Gasteiger partial charge in [-0.1, -0.05) is 46.3 Å². The third kappa shape index (κ3) is 3.42. The molecular weight excluding hydrogens is 462 g/mol. The summed E-state index contributed by atoms with van der Waals surface area (Å²) in [6.07, 6.45) is 0.179. The van der Waals surface area contributed by atoms with Crippen LogP contribution in [-0.2, 0) is 0 Å². The highest BCUT2D eigenvalue weighted by molar-refractivity contribution is 9.10. The fraction of sp³-hybridized carbons (Fsp3) is 0.174. The van der Waals surface area contributed by atoms with Gasteiger partial charge in [-0.2, -0.15) is 5.10 Å². The maximum atomic E-state index is 11.1. The number of hydrogen-bond donors (Lipinski definition) is 0. The first-order valence-corrected chi connectivity index (χ1v) is 10.5. The summed E-state index contributed by atoms with van der Waals surface area (Å²) in [6, 6.07) is 20.3. The molecule has 2 unspecified atom stereocenters. The van der Waals surface area contributed by atoms with Gasteiger partial charge in [-0.15, -0.1) is 0 Å². The molecule has 0 aromatic heterocycles. The number of ether oxygens (including phenoxy) is 2. The summed E-state index contributed by atoms with van der Waals surface area (Å²) in [5.41, 5.74) is 3.83. The molecule has 2 aliphatic heterocycles. The Balaban J connectivity index is 1.62. The molecule has 2 heterocycles. The fourth-order valence-corrected chi connectivity index (χ4v) is 4.52. The van der Waals surface area contributed by atoms with Crippen molar-refractivity contribution in [1.29, 1.82) is 0 Å². The van der Waals surface area contributed by atoms with Crippen molar-refractivity contribution in [3.63, 3.8) is 0 Å². The number of fused-ring (bicyclic) bond motifs is 3. The molecule has 0 radical (unpaired) electrons. The van der Waals surface area contributed by atoms with E-state index in [2.05, 4.69) is 15.9 Å². The maximum absolute atomic E-state index is 11.1. The zero-order chi connectivity index (χ0) is 21.5. The SMILES string of the molecule is COc1cc(Br)cc2c1OC(c1ccc([N+](=O)[O-])cc1)N1N=C(c3ccccc3)CC21. The molecule has 5 rings (SSSR count). The molecule has 0 spiro atoms. The van der Waals surface area contributed by atoms with E-state index >= 15 is 0 Å². The standard InChI is InChI=1S/C23H18BrN3O4/c1-30-21-12-16(24)11-18-20-13-19(14-5-3-2-4-6-14)25-26(20)23(31-22(18)21)15-7-9-17(10-8-15)27(28)29/h2-12,20,23H,13H2,1H3. The van der Waals surface area contributed by atoms with Gasteiger partial charge >= 0.3 is 0 Å². The first-order valence-electron chi connectivity index (χ1n) is 9.75. The Morgan fingerprint density at radius 2 is 1.90 bits per heavy atom. The average molecular weight is 480 g/mol. The molecule has 31 heavy (non-hydrogen) atoms. The number of non-ortho nitro benzene ring substituents is 1. The van der Waals surface area contributed by atoms with Gasteiger partial charge in [0, 0.05) is 34.2 Å². The molecule has 3 aromatic carbocycles. The van der Waals surface area contributed by atoms with E-state index in [4.69, 9.17) is 14.6 Å². The molecule has 8 heteroatoms. The van der Waals surface area contributed by atoms with Gasteiger partial charge in [-0.05, 0) is 29.8 Å². The van der Waals surface area contributed by atoms with Crippen molar-refractivity contribution in [1.82, 2.24) is 5.01 Å². The van der Waals surface area contributed by atoms with Crippen molar-refractivity contribution in [2.24, 2.45) is 5.10 Å². The molecule has 0 N–H and O–H groups in total. The topological polar surface area (TPSA) is 77.2 Å². The molecule has 0 saturated carbocycles. The van der Waals surface area contributed by atoms with Gasteiger partial charge in [0.1, 0.15) is 0 Å². The third-order valence-electron chi connectivity index (χ3n) is 5.54. The number of hydrogen-bond acceptors (Lipinski definition) is 6. The predicted octanol–water partition coefficient (Wildman–Crippen LogP) is 5.61. The van der Waals surface area contributed by atoms with Crippen LogP contribution in [-0.4, -0.2) is 22.8 Å². The highest BCUT2D eigenvalue weighted by Crippen LogP contribution is 2.51. The maximum Gasteiger partial charge on any atom is 0.269 e. The largest absolute Gasteiger partial charge is 0.493 e. The quantitative estimate of drug-likeness (QED) is 0.359. The van der Waals surface area contributed by atoms with Crippen LogP contribution in [0.15, 0.2) is 76.3 Å². The Morgan fingerprint density at radius 1 is 1.16 bits per heavy atom. The Labute approximate surface area is 187 Å². The minimum Gasteiger partial charge on any atom is -0.493 e. The van der Waals surface area contributed by atoms with E-state index in [-0.39, 0.29) is 11.7 Å². The molecule has 7 nitrogen and oxygen atoms in total. The number of nitro groups is 1. The van der Waals surface area contributed by atoms with Gasteiger partial charge in [-0.25, -0.2) is 5.01 Å². The van der Waals surface area contributed by atoms with Crippen molar-refractivity contribution in [2.45, 2.75) is 18.7 Å². The summed E-state index contributed by atoms with van der Waals surface area (Å²) in [4.78, 5) is 10.7. The van der Waals surface area contributed by atoms with Crippen LogP contribution >= 0.6 is 15.9 Å². The summed E-state index contributed by atoms with van der Waals surface area (Å²) >= 11 is 3.57. The highest BCUT2D eigenvalue weighted by Gasteiger charge is 2.42. The summed E-state index contributed by atoms with van der Waals surface area (Å²) in [5, 5.41) is 17.9. The summed E-state index contributed by atoms with van der Waals surface area (Å²) in [7, 11) is 1.61. The zero-order valence-corrected chi connectivity index (χ0v) is 18.2. The molecule has 0 amide bonds. The van der Waals surface area contributed by atoms with Gasteiger partial charge in [0.2, 0.25) is 6.23 Å². The van der Waals surface area contributed by atoms with E-state index in [0.29, 0.717) is 17.9 Å². The summed E-state index contributed by atoms with van der Waals surface area (Å²) in [6.45, 7) is 0. The number of nitro benzene ring substituents is 1. The van der Waals surface area contributed by atoms with Crippen LogP contribution in [0, 0.1) is 10.1 Å². The molecule has 0 bridgehead atoms. The smallest absolute Gasteiger partial charge is 0.269 e. The van der Waals surface area contributed by atoms with Crippen LogP contribution < -0.4 is 9.47 Å². The molecule has 0 aliphatic carbocycles. The number of rotatable bonds is 4. The van der Waals surface area contributed by atoms with Crippen molar-refractivity contribution < 1.29 is 14.4 Å². The van der Waals surface area contributed by atoms with Gasteiger partial charge in [0.15, 0.2) is 11.5 Å². The lowest BCUT2D eigenvalue weighted by molar-refractivity contribution is -0.384. The Kier molecular flexibility index (Phi) is 4.86. The third-order valence-corrected chi connectivity index (χ3v) is 5.99. The second kappa shape index (κ2) is 7.70. The number of halogens is 1. The summed E-state index contributed by atoms with van der Waals surface area (Å²) in [5.74, 6) is 1.30. The van der Waals surface area contributed by atoms with Crippen LogP contribution in [0.1, 0.15) is 35.4 Å². The number of nitrogens with zero attached hydrogens (tertiary/aromatic N) is 3. The van der Waals surface area contributed by atoms with Crippen LogP contribution in [0.3, 0.4) is 0 Å². The van der Waals surface area contributed by atoms with E-state index in [0.717, 1.165) is 26.9 Å². The highest BCUT2D eigenvalue weighted by atomic mass is 79.9. The summed E-state index contributed by atoms with van der Waals surface area (Å²) < 4.78 is 12.9. The molecule has 156 valence electrons. The van der Waals surface area contributed by atoms with Crippen LogP contribution in [0.5, 0.6) is 11.5 Å². The lowest BCUT2D eigenvalue weighted by Crippen LogP contribution is -2.34. The van der Waals surface area contributed by atoms with Gasteiger partial charge in [0.25, 0.3) is 5.69 Å². The second-order valence-electron chi connectivity index (χ2n) is 7.36.